The van der Waals surface area contributed by atoms with Crippen molar-refractivity contribution in [3.8, 4) is 5.75 Å². The third-order valence-corrected chi connectivity index (χ3v) is 2.87. The molecule has 0 radical (unpaired) electrons. The number of carbonyl (C=O) groups excluding carboxylic acids is 2. The SMILES string of the molecule is CC1=CC(=O)C=C(C)C1=O.Cc1cccc(C)c1O. The summed E-state index contributed by atoms with van der Waals surface area (Å²) < 4.78 is 0. The van der Waals surface area contributed by atoms with E-state index in [0.29, 0.717) is 16.9 Å². The monoisotopic (exact) mass is 258 g/mol. The smallest absolute Gasteiger partial charge is 0.184 e. The van der Waals surface area contributed by atoms with Gasteiger partial charge in [-0.2, -0.15) is 0 Å². The maximum atomic E-state index is 11.0. The van der Waals surface area contributed by atoms with E-state index in [2.05, 4.69) is 0 Å². The van der Waals surface area contributed by atoms with Crippen LogP contribution in [0, 0.1) is 13.8 Å². The Labute approximate surface area is 113 Å². The molecule has 1 aliphatic rings. The van der Waals surface area contributed by atoms with Crippen molar-refractivity contribution in [2.24, 2.45) is 0 Å². The summed E-state index contributed by atoms with van der Waals surface area (Å²) in [6.07, 6.45) is 2.71. The molecule has 0 spiro atoms. The van der Waals surface area contributed by atoms with Gasteiger partial charge in [-0.25, -0.2) is 0 Å². The van der Waals surface area contributed by atoms with Crippen LogP contribution in [0.4, 0.5) is 0 Å². The summed E-state index contributed by atoms with van der Waals surface area (Å²) in [4.78, 5) is 21.7. The third-order valence-electron chi connectivity index (χ3n) is 2.87. The largest absolute Gasteiger partial charge is 0.507 e. The zero-order chi connectivity index (χ0) is 14.6. The summed E-state index contributed by atoms with van der Waals surface area (Å²) in [5.41, 5.74) is 2.94. The molecule has 0 fully saturated rings. The standard InChI is InChI=1S/C8H8O2.C8H10O/c1-5-3-7(9)4-6(2)8(5)10;1-6-4-3-5-7(2)8(6)9/h3-4H,1-2H3;3-5,9H,1-2H3. The van der Waals surface area contributed by atoms with Crippen LogP contribution in [-0.4, -0.2) is 16.7 Å². The summed E-state index contributed by atoms with van der Waals surface area (Å²) in [6.45, 7) is 7.08. The van der Waals surface area contributed by atoms with Gasteiger partial charge in [0.25, 0.3) is 0 Å². The first-order valence-corrected chi connectivity index (χ1v) is 6.03. The summed E-state index contributed by atoms with van der Waals surface area (Å²) in [7, 11) is 0. The molecule has 0 amide bonds. The highest BCUT2D eigenvalue weighted by atomic mass is 16.3. The Hall–Kier alpha value is -2.16. The minimum absolute atomic E-state index is 0.0281. The van der Waals surface area contributed by atoms with E-state index in [9.17, 15) is 14.7 Å². The lowest BCUT2D eigenvalue weighted by Crippen LogP contribution is -2.09. The molecule has 0 saturated heterocycles. The summed E-state index contributed by atoms with van der Waals surface area (Å²) in [5, 5.41) is 9.21. The van der Waals surface area contributed by atoms with E-state index in [1.807, 2.05) is 32.0 Å². The molecule has 1 aliphatic carbocycles. The Morgan fingerprint density at radius 2 is 1.26 bits per heavy atom. The van der Waals surface area contributed by atoms with Crippen LogP contribution in [0.1, 0.15) is 25.0 Å². The van der Waals surface area contributed by atoms with Crippen molar-refractivity contribution in [1.29, 1.82) is 0 Å². The van der Waals surface area contributed by atoms with Gasteiger partial charge in [0.1, 0.15) is 5.75 Å². The molecule has 0 saturated carbocycles. The normalized spacial score (nSPS) is 14.3. The molecule has 1 aromatic carbocycles. The summed E-state index contributed by atoms with van der Waals surface area (Å²) in [6, 6.07) is 5.72. The van der Waals surface area contributed by atoms with Crippen molar-refractivity contribution in [3.63, 3.8) is 0 Å². The van der Waals surface area contributed by atoms with Crippen molar-refractivity contribution >= 4 is 11.6 Å². The van der Waals surface area contributed by atoms with Gasteiger partial charge in [-0.1, -0.05) is 18.2 Å². The van der Waals surface area contributed by atoms with Gasteiger partial charge in [-0.05, 0) is 51.0 Å². The molecule has 0 atom stereocenters. The van der Waals surface area contributed by atoms with Crippen molar-refractivity contribution in [2.45, 2.75) is 27.7 Å². The van der Waals surface area contributed by atoms with Gasteiger partial charge in [0.2, 0.25) is 0 Å². The maximum absolute atomic E-state index is 11.0. The predicted octanol–water partition coefficient (Wildman–Crippen LogP) is 3.04. The molecule has 1 N–H and O–H groups in total. The zero-order valence-corrected chi connectivity index (χ0v) is 11.7. The van der Waals surface area contributed by atoms with Crippen LogP contribution in [0.2, 0.25) is 0 Å². The van der Waals surface area contributed by atoms with Crippen molar-refractivity contribution in [2.75, 3.05) is 0 Å². The number of phenols is 1. The molecule has 3 heteroatoms. The fourth-order valence-electron chi connectivity index (χ4n) is 1.72. The molecule has 0 heterocycles. The lowest BCUT2D eigenvalue weighted by Gasteiger charge is -2.04. The number of aromatic hydroxyl groups is 1. The average Bonchev–Trinajstić information content (AvgIpc) is 2.33. The van der Waals surface area contributed by atoms with Crippen molar-refractivity contribution in [3.05, 3.63) is 52.6 Å². The highest BCUT2D eigenvalue weighted by Crippen LogP contribution is 2.19. The van der Waals surface area contributed by atoms with E-state index >= 15 is 0 Å². The number of para-hydroxylation sites is 1. The van der Waals surface area contributed by atoms with E-state index < -0.39 is 0 Å². The van der Waals surface area contributed by atoms with Crippen LogP contribution in [0.3, 0.4) is 0 Å². The number of rotatable bonds is 0. The molecule has 100 valence electrons. The second kappa shape index (κ2) is 6.14. The number of Topliss-reactive ketones (excluding diaryl/α,β-unsaturated/α-hetero) is 1. The molecule has 0 unspecified atom stereocenters. The van der Waals surface area contributed by atoms with Crippen LogP contribution in [0.25, 0.3) is 0 Å². The molecular formula is C16H18O3. The van der Waals surface area contributed by atoms with Crippen LogP contribution in [0.5, 0.6) is 5.75 Å². The number of aryl methyl sites for hydroxylation is 2. The van der Waals surface area contributed by atoms with Gasteiger partial charge in [-0.15, -0.1) is 0 Å². The van der Waals surface area contributed by atoms with E-state index in [-0.39, 0.29) is 11.6 Å². The van der Waals surface area contributed by atoms with Crippen LogP contribution >= 0.6 is 0 Å². The third kappa shape index (κ3) is 3.91. The molecule has 0 aliphatic heterocycles. The Morgan fingerprint density at radius 3 is 1.63 bits per heavy atom. The van der Waals surface area contributed by atoms with Crippen molar-refractivity contribution < 1.29 is 14.7 Å². The Morgan fingerprint density at radius 1 is 0.842 bits per heavy atom. The predicted molar refractivity (Wildman–Crippen MR) is 75.1 cm³/mol. The van der Waals surface area contributed by atoms with Crippen LogP contribution in [-0.2, 0) is 9.59 Å². The first-order valence-electron chi connectivity index (χ1n) is 6.03. The first kappa shape index (κ1) is 14.9. The number of carbonyl (C=O) groups is 2. The summed E-state index contributed by atoms with van der Waals surface area (Å²) >= 11 is 0. The van der Waals surface area contributed by atoms with Gasteiger partial charge in [0.15, 0.2) is 11.6 Å². The number of ketones is 2. The van der Waals surface area contributed by atoms with Crippen LogP contribution in [0.15, 0.2) is 41.5 Å². The fraction of sp³-hybridized carbons (Fsp3) is 0.250. The minimum atomic E-state index is -0.0883. The molecule has 19 heavy (non-hydrogen) atoms. The van der Waals surface area contributed by atoms with E-state index in [1.54, 1.807) is 13.8 Å². The van der Waals surface area contributed by atoms with Gasteiger partial charge in [-0.3, -0.25) is 9.59 Å². The van der Waals surface area contributed by atoms with Gasteiger partial charge >= 0.3 is 0 Å². The highest BCUT2D eigenvalue weighted by molar-refractivity contribution is 6.19. The fourth-order valence-corrected chi connectivity index (χ4v) is 1.72. The maximum Gasteiger partial charge on any atom is 0.184 e. The van der Waals surface area contributed by atoms with E-state index in [0.717, 1.165) is 11.1 Å². The number of hydrogen-bond acceptors (Lipinski definition) is 3. The molecular weight excluding hydrogens is 240 g/mol. The molecule has 0 aromatic heterocycles. The number of hydrogen-bond donors (Lipinski definition) is 1. The topological polar surface area (TPSA) is 54.4 Å². The van der Waals surface area contributed by atoms with Gasteiger partial charge < -0.3 is 5.11 Å². The average molecular weight is 258 g/mol. The number of allylic oxidation sites excluding steroid dienone is 4. The van der Waals surface area contributed by atoms with E-state index in [4.69, 9.17) is 0 Å². The molecule has 2 rings (SSSR count). The van der Waals surface area contributed by atoms with Gasteiger partial charge in [0, 0.05) is 11.1 Å². The zero-order valence-electron chi connectivity index (χ0n) is 11.7. The second-order valence-corrected chi connectivity index (χ2v) is 4.63. The van der Waals surface area contributed by atoms with Crippen molar-refractivity contribution in [1.82, 2.24) is 0 Å². The molecule has 1 aromatic rings. The lowest BCUT2D eigenvalue weighted by molar-refractivity contribution is -0.115. The van der Waals surface area contributed by atoms with E-state index in [1.165, 1.54) is 12.2 Å². The Bertz CT molecular complexity index is 533. The number of benzene rings is 1. The molecule has 0 bridgehead atoms. The minimum Gasteiger partial charge on any atom is -0.507 e. The van der Waals surface area contributed by atoms with Crippen LogP contribution < -0.4 is 0 Å². The quantitative estimate of drug-likeness (QED) is 0.728. The Balaban J connectivity index is 0.000000191. The summed E-state index contributed by atoms with van der Waals surface area (Å²) in [5.74, 6) is 0.298. The van der Waals surface area contributed by atoms with Gasteiger partial charge in [0.05, 0.1) is 0 Å². The first-order chi connectivity index (χ1) is 8.82. The number of phenolic OH excluding ortho intramolecular Hbond substituents is 1. The lowest BCUT2D eigenvalue weighted by atomic mass is 9.99. The molecule has 3 nitrogen and oxygen atoms in total. The Kier molecular flexibility index (Phi) is 4.81. The second-order valence-electron chi connectivity index (χ2n) is 4.63. The highest BCUT2D eigenvalue weighted by Gasteiger charge is 2.13.